The van der Waals surface area contributed by atoms with Crippen molar-refractivity contribution in [3.05, 3.63) is 0 Å². The SMILES string of the molecule is CC.CCCCCCCCN1CCOC(CNC(C)=O)C1. The van der Waals surface area contributed by atoms with Crippen LogP contribution in [0.25, 0.3) is 0 Å². The van der Waals surface area contributed by atoms with Crippen LogP contribution in [0.4, 0.5) is 0 Å². The molecule has 0 radical (unpaired) electrons. The predicted molar refractivity (Wildman–Crippen MR) is 89.6 cm³/mol. The Hall–Kier alpha value is -0.610. The summed E-state index contributed by atoms with van der Waals surface area (Å²) < 4.78 is 5.66. The van der Waals surface area contributed by atoms with Crippen LogP contribution in [0.15, 0.2) is 0 Å². The average molecular weight is 300 g/mol. The van der Waals surface area contributed by atoms with Crippen molar-refractivity contribution in [2.75, 3.05) is 32.8 Å². The Bertz CT molecular complexity index is 247. The van der Waals surface area contributed by atoms with Crippen LogP contribution < -0.4 is 5.32 Å². The first-order valence-corrected chi connectivity index (χ1v) is 8.80. The molecular weight excluding hydrogens is 264 g/mol. The summed E-state index contributed by atoms with van der Waals surface area (Å²) in [5, 5.41) is 2.84. The van der Waals surface area contributed by atoms with Gasteiger partial charge in [0.1, 0.15) is 0 Å². The van der Waals surface area contributed by atoms with E-state index in [1.165, 1.54) is 45.1 Å². The van der Waals surface area contributed by atoms with Crippen LogP contribution in [-0.2, 0) is 9.53 Å². The van der Waals surface area contributed by atoms with E-state index in [-0.39, 0.29) is 12.0 Å². The number of morpholine rings is 1. The van der Waals surface area contributed by atoms with Crippen LogP contribution in [0.1, 0.15) is 66.2 Å². The van der Waals surface area contributed by atoms with E-state index in [2.05, 4.69) is 17.1 Å². The molecule has 0 bridgehead atoms. The number of hydrogen-bond acceptors (Lipinski definition) is 3. The standard InChI is InChI=1S/C15H30N2O2.C2H6/c1-3-4-5-6-7-8-9-17-10-11-19-15(13-17)12-16-14(2)18;1-2/h15H,3-13H2,1-2H3,(H,16,18);1-2H3. The third-order valence-corrected chi connectivity index (χ3v) is 3.63. The molecule has 1 rings (SSSR count). The molecule has 126 valence electrons. The molecule has 21 heavy (non-hydrogen) atoms. The van der Waals surface area contributed by atoms with Crippen LogP contribution in [0.5, 0.6) is 0 Å². The summed E-state index contributed by atoms with van der Waals surface area (Å²) >= 11 is 0. The normalized spacial score (nSPS) is 18.8. The summed E-state index contributed by atoms with van der Waals surface area (Å²) in [5.74, 6) is 0.0247. The Morgan fingerprint density at radius 2 is 1.86 bits per heavy atom. The number of rotatable bonds is 9. The number of hydrogen-bond donors (Lipinski definition) is 1. The van der Waals surface area contributed by atoms with Gasteiger partial charge >= 0.3 is 0 Å². The highest BCUT2D eigenvalue weighted by molar-refractivity contribution is 5.72. The van der Waals surface area contributed by atoms with Crippen LogP contribution in [0.3, 0.4) is 0 Å². The van der Waals surface area contributed by atoms with Crippen molar-refractivity contribution in [1.29, 1.82) is 0 Å². The molecule has 4 heteroatoms. The first-order chi connectivity index (χ1) is 10.2. The highest BCUT2D eigenvalue weighted by Gasteiger charge is 2.19. The molecule has 1 amide bonds. The number of amides is 1. The summed E-state index contributed by atoms with van der Waals surface area (Å²) in [4.78, 5) is 13.4. The molecule has 1 aliphatic heterocycles. The molecule has 0 saturated carbocycles. The van der Waals surface area contributed by atoms with Crippen LogP contribution in [0.2, 0.25) is 0 Å². The molecule has 1 N–H and O–H groups in total. The van der Waals surface area contributed by atoms with Gasteiger partial charge < -0.3 is 10.1 Å². The monoisotopic (exact) mass is 300 g/mol. The number of ether oxygens (including phenoxy) is 1. The Labute approximate surface area is 131 Å². The van der Waals surface area contributed by atoms with Gasteiger partial charge in [-0.1, -0.05) is 52.9 Å². The number of unbranched alkanes of at least 4 members (excludes halogenated alkanes) is 5. The second-order valence-corrected chi connectivity index (χ2v) is 5.50. The van der Waals surface area contributed by atoms with Crippen molar-refractivity contribution in [3.8, 4) is 0 Å². The maximum Gasteiger partial charge on any atom is 0.216 e. The fourth-order valence-electron chi connectivity index (χ4n) is 2.48. The summed E-state index contributed by atoms with van der Waals surface area (Å²) in [6.45, 7) is 12.4. The van der Waals surface area contributed by atoms with Gasteiger partial charge in [0.05, 0.1) is 12.7 Å². The quantitative estimate of drug-likeness (QED) is 0.665. The zero-order valence-electron chi connectivity index (χ0n) is 14.6. The van der Waals surface area contributed by atoms with Gasteiger partial charge in [0.2, 0.25) is 5.91 Å². The van der Waals surface area contributed by atoms with Crippen LogP contribution >= 0.6 is 0 Å². The second kappa shape index (κ2) is 14.3. The molecule has 1 fully saturated rings. The summed E-state index contributed by atoms with van der Waals surface area (Å²) in [7, 11) is 0. The lowest BCUT2D eigenvalue weighted by molar-refractivity contribution is -0.120. The Morgan fingerprint density at radius 3 is 2.52 bits per heavy atom. The van der Waals surface area contributed by atoms with E-state index in [1.54, 1.807) is 6.92 Å². The summed E-state index contributed by atoms with van der Waals surface area (Å²) in [6, 6.07) is 0. The molecule has 4 nitrogen and oxygen atoms in total. The van der Waals surface area contributed by atoms with Crippen molar-refractivity contribution in [3.63, 3.8) is 0 Å². The first-order valence-electron chi connectivity index (χ1n) is 8.80. The molecule has 1 unspecified atom stereocenters. The third-order valence-electron chi connectivity index (χ3n) is 3.63. The van der Waals surface area contributed by atoms with E-state index in [4.69, 9.17) is 4.74 Å². The van der Waals surface area contributed by atoms with Gasteiger partial charge in [-0.3, -0.25) is 9.69 Å². The van der Waals surface area contributed by atoms with Crippen molar-refractivity contribution in [2.45, 2.75) is 72.3 Å². The molecule has 0 aromatic heterocycles. The lowest BCUT2D eigenvalue weighted by Gasteiger charge is -2.32. The Morgan fingerprint density at radius 1 is 1.19 bits per heavy atom. The number of nitrogens with one attached hydrogen (secondary N) is 1. The number of carbonyl (C=O) groups is 1. The minimum absolute atomic E-state index is 0.0247. The van der Waals surface area contributed by atoms with Crippen molar-refractivity contribution in [1.82, 2.24) is 10.2 Å². The Kier molecular flexibility index (Phi) is 13.9. The third kappa shape index (κ3) is 11.7. The van der Waals surface area contributed by atoms with Gasteiger partial charge in [0, 0.05) is 26.6 Å². The van der Waals surface area contributed by atoms with Crippen molar-refractivity contribution >= 4 is 5.91 Å². The summed E-state index contributed by atoms with van der Waals surface area (Å²) in [6.07, 6.45) is 8.23. The van der Waals surface area contributed by atoms with E-state index in [0.29, 0.717) is 6.54 Å². The maximum absolute atomic E-state index is 10.9. The lowest BCUT2D eigenvalue weighted by Crippen LogP contribution is -2.47. The lowest BCUT2D eigenvalue weighted by atomic mass is 10.1. The van der Waals surface area contributed by atoms with E-state index in [0.717, 1.165) is 19.7 Å². The minimum Gasteiger partial charge on any atom is -0.374 e. The highest BCUT2D eigenvalue weighted by Crippen LogP contribution is 2.09. The molecule has 0 spiro atoms. The largest absolute Gasteiger partial charge is 0.374 e. The van der Waals surface area contributed by atoms with Gasteiger partial charge in [0.15, 0.2) is 0 Å². The fraction of sp³-hybridized carbons (Fsp3) is 0.941. The fourth-order valence-corrected chi connectivity index (χ4v) is 2.48. The van der Waals surface area contributed by atoms with Crippen LogP contribution in [-0.4, -0.2) is 49.7 Å². The topological polar surface area (TPSA) is 41.6 Å². The number of nitrogens with zero attached hydrogens (tertiary/aromatic N) is 1. The Balaban J connectivity index is 0.00000191. The van der Waals surface area contributed by atoms with Gasteiger partial charge in [-0.2, -0.15) is 0 Å². The van der Waals surface area contributed by atoms with E-state index in [1.807, 2.05) is 13.8 Å². The average Bonchev–Trinajstić information content (AvgIpc) is 2.51. The minimum atomic E-state index is 0.0247. The molecule has 0 aliphatic carbocycles. The van der Waals surface area contributed by atoms with E-state index in [9.17, 15) is 4.79 Å². The molecular formula is C17H36N2O2. The summed E-state index contributed by atoms with van der Waals surface area (Å²) in [5.41, 5.74) is 0. The molecule has 1 heterocycles. The molecule has 1 aliphatic rings. The molecule has 1 atom stereocenters. The smallest absolute Gasteiger partial charge is 0.216 e. The van der Waals surface area contributed by atoms with Gasteiger partial charge in [-0.15, -0.1) is 0 Å². The molecule has 1 saturated heterocycles. The van der Waals surface area contributed by atoms with E-state index >= 15 is 0 Å². The van der Waals surface area contributed by atoms with Crippen LogP contribution in [0, 0.1) is 0 Å². The van der Waals surface area contributed by atoms with E-state index < -0.39 is 0 Å². The molecule has 0 aromatic rings. The van der Waals surface area contributed by atoms with Gasteiger partial charge in [0.25, 0.3) is 0 Å². The van der Waals surface area contributed by atoms with Crippen molar-refractivity contribution < 1.29 is 9.53 Å². The maximum atomic E-state index is 10.9. The first kappa shape index (κ1) is 20.4. The molecule has 0 aromatic carbocycles. The highest BCUT2D eigenvalue weighted by atomic mass is 16.5. The zero-order chi connectivity index (χ0) is 15.9. The number of carbonyl (C=O) groups excluding carboxylic acids is 1. The van der Waals surface area contributed by atoms with Gasteiger partial charge in [-0.05, 0) is 13.0 Å². The predicted octanol–water partition coefficient (Wildman–Crippen LogP) is 3.21. The zero-order valence-corrected chi connectivity index (χ0v) is 14.6. The second-order valence-electron chi connectivity index (χ2n) is 5.50. The van der Waals surface area contributed by atoms with Crippen molar-refractivity contribution in [2.24, 2.45) is 0 Å². The van der Waals surface area contributed by atoms with Gasteiger partial charge in [-0.25, -0.2) is 0 Å².